The van der Waals surface area contributed by atoms with Crippen molar-refractivity contribution < 1.29 is 18.4 Å². The zero-order valence-corrected chi connectivity index (χ0v) is 21.1. The number of aromatic nitrogens is 2. The zero-order valence-electron chi connectivity index (χ0n) is 21.1. The van der Waals surface area contributed by atoms with E-state index in [0.29, 0.717) is 11.0 Å². The number of carbonyl (C=O) groups is 2. The number of hydrogen-bond acceptors (Lipinski definition) is 4. The number of rotatable bonds is 7. The summed E-state index contributed by atoms with van der Waals surface area (Å²) in [6, 6.07) is 31.6. The Morgan fingerprint density at radius 3 is 2.25 bits per heavy atom. The number of para-hydroxylation sites is 2. The summed E-state index contributed by atoms with van der Waals surface area (Å²) >= 11 is 0. The van der Waals surface area contributed by atoms with Crippen molar-refractivity contribution in [2.24, 2.45) is 0 Å². The van der Waals surface area contributed by atoms with E-state index in [0.717, 1.165) is 22.5 Å². The van der Waals surface area contributed by atoms with Gasteiger partial charge in [0, 0.05) is 34.3 Å². The maximum Gasteiger partial charge on any atom is 0.248 e. The molecule has 0 aliphatic heterocycles. The van der Waals surface area contributed by atoms with Crippen LogP contribution >= 0.6 is 0 Å². The number of nitrogens with one attached hydrogen (secondary N) is 1. The van der Waals surface area contributed by atoms with Gasteiger partial charge in [0.15, 0.2) is 5.76 Å². The summed E-state index contributed by atoms with van der Waals surface area (Å²) in [7, 11) is 0. The molecule has 0 saturated carbocycles. The molecule has 0 saturated heterocycles. The van der Waals surface area contributed by atoms with Crippen LogP contribution < -0.4 is 5.32 Å². The molecule has 1 amide bonds. The lowest BCUT2D eigenvalue weighted by molar-refractivity contribution is -0.111. The average Bonchev–Trinajstić information content (AvgIpc) is 3.59. The highest BCUT2D eigenvalue weighted by Gasteiger charge is 2.23. The Labute approximate surface area is 229 Å². The standard InChI is InChI=1S/C33H22FN3O3/c34-25-18-15-23(16-19-25)32(39)33-31(27-13-7-8-14-28(27)40-33)35-29(38)20-17-24-21-37(26-11-5-2-6-12-26)36-30(24)22-9-3-1-4-10-22/h1-21H,(H,35,38)/b20-17+. The van der Waals surface area contributed by atoms with E-state index in [1.54, 1.807) is 35.0 Å². The van der Waals surface area contributed by atoms with Gasteiger partial charge >= 0.3 is 0 Å². The van der Waals surface area contributed by atoms with Crippen molar-refractivity contribution in [1.82, 2.24) is 9.78 Å². The first-order chi connectivity index (χ1) is 19.6. The van der Waals surface area contributed by atoms with Gasteiger partial charge in [-0.2, -0.15) is 5.10 Å². The van der Waals surface area contributed by atoms with Gasteiger partial charge in [0.25, 0.3) is 0 Å². The number of nitrogens with zero attached hydrogens (tertiary/aromatic N) is 2. The van der Waals surface area contributed by atoms with E-state index < -0.39 is 17.5 Å². The Balaban J connectivity index is 1.33. The Morgan fingerprint density at radius 2 is 1.50 bits per heavy atom. The smallest absolute Gasteiger partial charge is 0.248 e. The summed E-state index contributed by atoms with van der Waals surface area (Å²) in [5.41, 5.74) is 4.19. The fraction of sp³-hybridized carbons (Fsp3) is 0. The van der Waals surface area contributed by atoms with Gasteiger partial charge in [-0.15, -0.1) is 0 Å². The second kappa shape index (κ2) is 10.7. The Bertz CT molecular complexity index is 1850. The van der Waals surface area contributed by atoms with Crippen LogP contribution in [0.5, 0.6) is 0 Å². The van der Waals surface area contributed by atoms with Gasteiger partial charge < -0.3 is 9.73 Å². The summed E-state index contributed by atoms with van der Waals surface area (Å²) < 4.78 is 21.0. The van der Waals surface area contributed by atoms with E-state index in [-0.39, 0.29) is 17.0 Å². The molecular weight excluding hydrogens is 505 g/mol. The van der Waals surface area contributed by atoms with E-state index >= 15 is 0 Å². The van der Waals surface area contributed by atoms with Crippen LogP contribution in [0.25, 0.3) is 34.0 Å². The van der Waals surface area contributed by atoms with Crippen LogP contribution in [0.3, 0.4) is 0 Å². The number of fused-ring (bicyclic) bond motifs is 1. The molecule has 0 atom stereocenters. The van der Waals surface area contributed by atoms with Gasteiger partial charge in [-0.25, -0.2) is 9.07 Å². The highest BCUT2D eigenvalue weighted by molar-refractivity contribution is 6.18. The normalized spacial score (nSPS) is 11.2. The lowest BCUT2D eigenvalue weighted by Crippen LogP contribution is -2.11. The van der Waals surface area contributed by atoms with Crippen molar-refractivity contribution in [2.75, 3.05) is 5.32 Å². The Kier molecular flexibility index (Phi) is 6.60. The summed E-state index contributed by atoms with van der Waals surface area (Å²) in [5.74, 6) is -1.40. The number of hydrogen-bond donors (Lipinski definition) is 1. The van der Waals surface area contributed by atoms with Crippen LogP contribution in [-0.2, 0) is 4.79 Å². The van der Waals surface area contributed by atoms with Crippen molar-refractivity contribution in [3.8, 4) is 16.9 Å². The number of furan rings is 1. The van der Waals surface area contributed by atoms with E-state index in [1.807, 2.05) is 66.9 Å². The molecule has 0 aliphatic carbocycles. The largest absolute Gasteiger partial charge is 0.450 e. The molecular formula is C33H22FN3O3. The molecule has 194 valence electrons. The van der Waals surface area contributed by atoms with Gasteiger partial charge in [0.05, 0.1) is 17.1 Å². The van der Waals surface area contributed by atoms with Crippen molar-refractivity contribution in [2.45, 2.75) is 0 Å². The molecule has 0 bridgehead atoms. The molecule has 4 aromatic carbocycles. The summed E-state index contributed by atoms with van der Waals surface area (Å²) in [6.45, 7) is 0. The Hall–Kier alpha value is -5.56. The van der Waals surface area contributed by atoms with E-state index in [2.05, 4.69) is 5.32 Å². The minimum Gasteiger partial charge on any atom is -0.450 e. The predicted octanol–water partition coefficient (Wildman–Crippen LogP) is 7.31. The van der Waals surface area contributed by atoms with Crippen molar-refractivity contribution in [3.63, 3.8) is 0 Å². The number of amides is 1. The molecule has 6 rings (SSSR count). The van der Waals surface area contributed by atoms with Crippen LogP contribution in [0.2, 0.25) is 0 Å². The van der Waals surface area contributed by atoms with Gasteiger partial charge in [-0.3, -0.25) is 9.59 Å². The molecule has 7 heteroatoms. The summed E-state index contributed by atoms with van der Waals surface area (Å²) in [4.78, 5) is 26.4. The zero-order chi connectivity index (χ0) is 27.5. The molecule has 1 N–H and O–H groups in total. The highest BCUT2D eigenvalue weighted by atomic mass is 19.1. The van der Waals surface area contributed by atoms with Gasteiger partial charge in [0.1, 0.15) is 11.4 Å². The highest BCUT2D eigenvalue weighted by Crippen LogP contribution is 2.33. The van der Waals surface area contributed by atoms with Gasteiger partial charge in [-0.05, 0) is 54.6 Å². The molecule has 0 spiro atoms. The third-order valence-electron chi connectivity index (χ3n) is 6.38. The number of halogens is 1. The monoisotopic (exact) mass is 527 g/mol. The minimum atomic E-state index is -0.467. The molecule has 0 aliphatic rings. The quantitative estimate of drug-likeness (QED) is 0.174. The van der Waals surface area contributed by atoms with Crippen LogP contribution in [0.4, 0.5) is 10.1 Å². The van der Waals surface area contributed by atoms with Crippen LogP contribution in [0.1, 0.15) is 21.7 Å². The van der Waals surface area contributed by atoms with Crippen molar-refractivity contribution in [1.29, 1.82) is 0 Å². The second-order valence-corrected chi connectivity index (χ2v) is 9.04. The fourth-order valence-corrected chi connectivity index (χ4v) is 4.43. The lowest BCUT2D eigenvalue weighted by Gasteiger charge is -2.04. The van der Waals surface area contributed by atoms with Crippen molar-refractivity contribution in [3.05, 3.63) is 144 Å². The maximum absolute atomic E-state index is 13.4. The Morgan fingerprint density at radius 1 is 0.825 bits per heavy atom. The first-order valence-electron chi connectivity index (χ1n) is 12.6. The van der Waals surface area contributed by atoms with Crippen LogP contribution in [-0.4, -0.2) is 21.5 Å². The maximum atomic E-state index is 13.4. The molecule has 2 aromatic heterocycles. The third-order valence-corrected chi connectivity index (χ3v) is 6.38. The topological polar surface area (TPSA) is 77.1 Å². The summed E-state index contributed by atoms with van der Waals surface area (Å²) in [5, 5.41) is 8.17. The minimum absolute atomic E-state index is 0.0311. The van der Waals surface area contributed by atoms with Crippen LogP contribution in [0.15, 0.2) is 126 Å². The number of benzene rings is 4. The first-order valence-corrected chi connectivity index (χ1v) is 12.6. The molecule has 0 unspecified atom stereocenters. The number of carbonyl (C=O) groups excluding carboxylic acids is 2. The van der Waals surface area contributed by atoms with E-state index in [4.69, 9.17) is 9.52 Å². The van der Waals surface area contributed by atoms with E-state index in [1.165, 1.54) is 30.3 Å². The first kappa shape index (κ1) is 24.8. The molecule has 2 heterocycles. The summed E-state index contributed by atoms with van der Waals surface area (Å²) in [6.07, 6.45) is 4.94. The average molecular weight is 528 g/mol. The SMILES string of the molecule is O=C(/C=C/c1cn(-c2ccccc2)nc1-c1ccccc1)Nc1c(C(=O)c2ccc(F)cc2)oc2ccccc12. The second-order valence-electron chi connectivity index (χ2n) is 9.04. The molecule has 6 aromatic rings. The molecule has 0 fully saturated rings. The van der Waals surface area contributed by atoms with Gasteiger partial charge in [-0.1, -0.05) is 60.7 Å². The van der Waals surface area contributed by atoms with Gasteiger partial charge in [0.2, 0.25) is 11.7 Å². The fourth-order valence-electron chi connectivity index (χ4n) is 4.43. The van der Waals surface area contributed by atoms with Crippen LogP contribution in [0, 0.1) is 5.82 Å². The predicted molar refractivity (Wildman–Crippen MR) is 153 cm³/mol. The molecule has 40 heavy (non-hydrogen) atoms. The lowest BCUT2D eigenvalue weighted by atomic mass is 10.1. The number of anilines is 1. The molecule has 6 nitrogen and oxygen atoms in total. The third kappa shape index (κ3) is 4.96. The van der Waals surface area contributed by atoms with Crippen molar-refractivity contribution >= 4 is 34.4 Å². The molecule has 0 radical (unpaired) electrons. The van der Waals surface area contributed by atoms with E-state index in [9.17, 15) is 14.0 Å². The number of ketones is 1.